The molecule has 2 aromatic carbocycles. The molecule has 1 atom stereocenters. The van der Waals surface area contributed by atoms with Gasteiger partial charge >= 0.3 is 0 Å². The monoisotopic (exact) mass is 326 g/mol. The average molecular weight is 327 g/mol. The third-order valence-electron chi connectivity index (χ3n) is 4.92. The fourth-order valence-corrected chi connectivity index (χ4v) is 7.64. The van der Waals surface area contributed by atoms with Gasteiger partial charge < -0.3 is 0 Å². The minimum absolute atomic E-state index is 0.200. The zero-order valence-electron chi connectivity index (χ0n) is 13.0. The number of hydrogen-bond donors (Lipinski definition) is 0. The lowest BCUT2D eigenvalue weighted by Crippen LogP contribution is -2.29. The van der Waals surface area contributed by atoms with E-state index in [1.54, 1.807) is 11.1 Å². The lowest BCUT2D eigenvalue weighted by Gasteiger charge is -2.32. The second kappa shape index (κ2) is 5.98. The third-order valence-corrected chi connectivity index (χ3v) is 8.21. The van der Waals surface area contributed by atoms with Gasteiger partial charge in [0.15, 0.2) is 0 Å². The topological polar surface area (TPSA) is 0 Å². The van der Waals surface area contributed by atoms with E-state index in [0.717, 1.165) is 0 Å². The Morgan fingerprint density at radius 2 is 1.68 bits per heavy atom. The normalized spacial score (nSPS) is 21.0. The van der Waals surface area contributed by atoms with Crippen LogP contribution in [0.5, 0.6) is 0 Å². The van der Waals surface area contributed by atoms with E-state index >= 15 is 0 Å². The van der Waals surface area contributed by atoms with Gasteiger partial charge in [-0.25, -0.2) is 0 Å². The van der Waals surface area contributed by atoms with Gasteiger partial charge in [-0.2, -0.15) is 11.8 Å². The molecule has 1 aliphatic carbocycles. The minimum atomic E-state index is 0.200. The zero-order chi connectivity index (χ0) is 15.0. The summed E-state index contributed by atoms with van der Waals surface area (Å²) in [5.74, 6) is 2.58. The van der Waals surface area contributed by atoms with Crippen molar-refractivity contribution in [3.05, 3.63) is 59.7 Å². The molecule has 0 amide bonds. The van der Waals surface area contributed by atoms with Crippen LogP contribution in [0, 0.1) is 0 Å². The highest BCUT2D eigenvalue weighted by Gasteiger charge is 2.52. The third kappa shape index (κ3) is 2.07. The van der Waals surface area contributed by atoms with Crippen molar-refractivity contribution in [2.45, 2.75) is 36.2 Å². The molecule has 1 saturated heterocycles. The summed E-state index contributed by atoms with van der Waals surface area (Å²) in [6, 6.07) is 18.2. The maximum Gasteiger partial charge on any atom is 0.0787 e. The number of rotatable bonds is 4. The molecule has 1 spiro atoms. The highest BCUT2D eigenvalue weighted by atomic mass is 32.2. The molecule has 0 saturated carbocycles. The first-order valence-electron chi connectivity index (χ1n) is 8.33. The standard InChI is InChI=1S/C20H22S2/c1-2-3-13-21-19-12-14-22-20(19)17-10-6-4-8-15(17)16-9-5-7-11-18(16)20/h4-11,19H,2-3,12-14H2,1H3. The van der Waals surface area contributed by atoms with E-state index in [1.807, 2.05) is 0 Å². The van der Waals surface area contributed by atoms with Crippen LogP contribution in [0.1, 0.15) is 37.3 Å². The SMILES string of the molecule is CCCCSC1CCSC12c1ccccc1-c1ccccc12. The van der Waals surface area contributed by atoms with Crippen molar-refractivity contribution in [3.8, 4) is 11.1 Å². The number of unbranched alkanes of at least 4 members (excludes halogenated alkanes) is 1. The molecule has 1 aliphatic heterocycles. The molecular weight excluding hydrogens is 304 g/mol. The Balaban J connectivity index is 1.82. The van der Waals surface area contributed by atoms with E-state index in [2.05, 4.69) is 79.0 Å². The first-order valence-corrected chi connectivity index (χ1v) is 10.4. The van der Waals surface area contributed by atoms with E-state index in [-0.39, 0.29) is 4.75 Å². The summed E-state index contributed by atoms with van der Waals surface area (Å²) in [5.41, 5.74) is 6.06. The lowest BCUT2D eigenvalue weighted by molar-refractivity contribution is 0.718. The second-order valence-corrected chi connectivity index (χ2v) is 8.83. The van der Waals surface area contributed by atoms with Crippen LogP contribution in [0.4, 0.5) is 0 Å². The van der Waals surface area contributed by atoms with E-state index in [0.29, 0.717) is 5.25 Å². The summed E-state index contributed by atoms with van der Waals surface area (Å²) in [6.07, 6.45) is 3.97. The lowest BCUT2D eigenvalue weighted by atomic mass is 9.91. The highest BCUT2D eigenvalue weighted by Crippen LogP contribution is 2.63. The first-order chi connectivity index (χ1) is 10.9. The Hall–Kier alpha value is -0.860. The summed E-state index contributed by atoms with van der Waals surface area (Å²) in [6.45, 7) is 2.29. The van der Waals surface area contributed by atoms with Crippen molar-refractivity contribution in [3.63, 3.8) is 0 Å². The van der Waals surface area contributed by atoms with Crippen molar-refractivity contribution >= 4 is 23.5 Å². The molecule has 0 radical (unpaired) electrons. The minimum Gasteiger partial charge on any atom is -0.156 e. The molecule has 1 unspecified atom stereocenters. The van der Waals surface area contributed by atoms with Crippen LogP contribution in [0.2, 0.25) is 0 Å². The van der Waals surface area contributed by atoms with E-state index < -0.39 is 0 Å². The number of hydrogen-bond acceptors (Lipinski definition) is 2. The van der Waals surface area contributed by atoms with Crippen LogP contribution >= 0.6 is 23.5 Å². The van der Waals surface area contributed by atoms with Crippen molar-refractivity contribution in [2.24, 2.45) is 0 Å². The maximum absolute atomic E-state index is 2.38. The quantitative estimate of drug-likeness (QED) is 0.637. The van der Waals surface area contributed by atoms with Gasteiger partial charge in [0, 0.05) is 5.25 Å². The molecule has 114 valence electrons. The summed E-state index contributed by atoms with van der Waals surface area (Å²) < 4.78 is 0.200. The van der Waals surface area contributed by atoms with E-state index in [9.17, 15) is 0 Å². The molecule has 0 N–H and O–H groups in total. The predicted octanol–water partition coefficient (Wildman–Crippen LogP) is 5.95. The summed E-state index contributed by atoms with van der Waals surface area (Å²) in [7, 11) is 0. The van der Waals surface area contributed by atoms with Crippen LogP contribution in [0.15, 0.2) is 48.5 Å². The molecule has 2 aromatic rings. The van der Waals surface area contributed by atoms with Gasteiger partial charge in [0.05, 0.1) is 4.75 Å². The van der Waals surface area contributed by atoms with Crippen LogP contribution < -0.4 is 0 Å². The van der Waals surface area contributed by atoms with E-state index in [1.165, 1.54) is 41.9 Å². The van der Waals surface area contributed by atoms with Crippen molar-refractivity contribution in [1.29, 1.82) is 0 Å². The fourth-order valence-electron chi connectivity index (χ4n) is 3.92. The van der Waals surface area contributed by atoms with Gasteiger partial charge in [-0.05, 0) is 46.6 Å². The molecular formula is C20H22S2. The van der Waals surface area contributed by atoms with Gasteiger partial charge in [-0.1, -0.05) is 61.9 Å². The van der Waals surface area contributed by atoms with Gasteiger partial charge in [-0.15, -0.1) is 11.8 Å². The number of thioether (sulfide) groups is 2. The Morgan fingerprint density at radius 3 is 2.32 bits per heavy atom. The van der Waals surface area contributed by atoms with Crippen LogP contribution in [0.3, 0.4) is 0 Å². The number of fused-ring (bicyclic) bond motifs is 5. The fraction of sp³-hybridized carbons (Fsp3) is 0.400. The zero-order valence-corrected chi connectivity index (χ0v) is 14.7. The Kier molecular flexibility index (Phi) is 4.00. The van der Waals surface area contributed by atoms with Crippen molar-refractivity contribution < 1.29 is 0 Å². The maximum atomic E-state index is 2.38. The largest absolute Gasteiger partial charge is 0.156 e. The Bertz CT molecular complexity index is 631. The predicted molar refractivity (Wildman–Crippen MR) is 101 cm³/mol. The summed E-state index contributed by atoms with van der Waals surface area (Å²) in [4.78, 5) is 0. The molecule has 2 aliphatic rings. The van der Waals surface area contributed by atoms with Crippen LogP contribution in [0.25, 0.3) is 11.1 Å². The highest BCUT2D eigenvalue weighted by molar-refractivity contribution is 8.05. The summed E-state index contributed by atoms with van der Waals surface area (Å²) in [5, 5.41) is 0.717. The molecule has 0 nitrogen and oxygen atoms in total. The van der Waals surface area contributed by atoms with Crippen molar-refractivity contribution in [2.75, 3.05) is 11.5 Å². The Labute approximate surface area is 142 Å². The van der Waals surface area contributed by atoms with Gasteiger partial charge in [0.2, 0.25) is 0 Å². The summed E-state index contributed by atoms with van der Waals surface area (Å²) >= 11 is 4.39. The molecule has 1 heterocycles. The second-order valence-electron chi connectivity index (χ2n) is 6.18. The van der Waals surface area contributed by atoms with Crippen LogP contribution in [-0.2, 0) is 4.75 Å². The van der Waals surface area contributed by atoms with Gasteiger partial charge in [-0.3, -0.25) is 0 Å². The number of benzene rings is 2. The molecule has 22 heavy (non-hydrogen) atoms. The molecule has 0 bridgehead atoms. The molecule has 1 fully saturated rings. The van der Waals surface area contributed by atoms with E-state index in [4.69, 9.17) is 0 Å². The average Bonchev–Trinajstić information content (AvgIpc) is 3.11. The Morgan fingerprint density at radius 1 is 1.05 bits per heavy atom. The molecule has 0 aromatic heterocycles. The van der Waals surface area contributed by atoms with Gasteiger partial charge in [0.25, 0.3) is 0 Å². The smallest absolute Gasteiger partial charge is 0.0787 e. The van der Waals surface area contributed by atoms with Crippen molar-refractivity contribution in [1.82, 2.24) is 0 Å². The molecule has 2 heteroatoms. The molecule has 4 rings (SSSR count). The van der Waals surface area contributed by atoms with Crippen LogP contribution in [-0.4, -0.2) is 16.8 Å². The van der Waals surface area contributed by atoms with Gasteiger partial charge in [0.1, 0.15) is 0 Å². The first kappa shape index (κ1) is 14.7.